The maximum absolute atomic E-state index is 2.50. The molecule has 2 fully saturated rings. The van der Waals surface area contributed by atoms with Crippen LogP contribution in [-0.2, 0) is 0 Å². The summed E-state index contributed by atoms with van der Waals surface area (Å²) in [5.74, 6) is 4.74. The molecule has 0 heterocycles. The fourth-order valence-electron chi connectivity index (χ4n) is 3.91. The third-order valence-corrected chi connectivity index (χ3v) is 5.88. The molecule has 5 atom stereocenters. The van der Waals surface area contributed by atoms with Gasteiger partial charge < -0.3 is 0 Å². The first kappa shape index (κ1) is 9.55. The van der Waals surface area contributed by atoms with Crippen LogP contribution in [-0.4, -0.2) is 0 Å². The van der Waals surface area contributed by atoms with Gasteiger partial charge in [-0.3, -0.25) is 0 Å². The van der Waals surface area contributed by atoms with E-state index in [9.17, 15) is 0 Å². The third-order valence-electron chi connectivity index (χ3n) is 5.88. The number of hydrogen-bond acceptors (Lipinski definition) is 0. The van der Waals surface area contributed by atoms with Gasteiger partial charge in [0.15, 0.2) is 0 Å². The Morgan fingerprint density at radius 2 is 1.08 bits per heavy atom. The van der Waals surface area contributed by atoms with Crippen molar-refractivity contribution in [3.8, 4) is 0 Å². The van der Waals surface area contributed by atoms with E-state index in [0.29, 0.717) is 0 Å². The van der Waals surface area contributed by atoms with Crippen molar-refractivity contribution in [2.45, 2.75) is 47.5 Å². The molecule has 13 heavy (non-hydrogen) atoms. The summed E-state index contributed by atoms with van der Waals surface area (Å²) in [6.07, 6.45) is 3.02. The van der Waals surface area contributed by atoms with Crippen LogP contribution in [0, 0.1) is 35.0 Å². The molecule has 0 nitrogen and oxygen atoms in total. The molecule has 0 N–H and O–H groups in total. The SMILES string of the molecule is CC1[C@@H](C)[C@@H](C)C2(CC2)[C@@H](C)[C@H]1C. The smallest absolute Gasteiger partial charge is 0.0240 e. The van der Waals surface area contributed by atoms with Gasteiger partial charge in [-0.1, -0.05) is 34.6 Å². The van der Waals surface area contributed by atoms with Crippen molar-refractivity contribution in [1.29, 1.82) is 0 Å². The average molecular weight is 180 g/mol. The lowest BCUT2D eigenvalue weighted by Gasteiger charge is -2.48. The van der Waals surface area contributed by atoms with Gasteiger partial charge >= 0.3 is 0 Å². The molecule has 2 aliphatic rings. The minimum Gasteiger partial charge on any atom is -0.0620 e. The predicted octanol–water partition coefficient (Wildman–Crippen LogP) is 3.96. The second-order valence-corrected chi connectivity index (χ2v) is 5.89. The lowest BCUT2D eigenvalue weighted by Crippen LogP contribution is -2.42. The predicted molar refractivity (Wildman–Crippen MR) is 57.5 cm³/mol. The Hall–Kier alpha value is 0. The molecule has 0 aliphatic heterocycles. The molecule has 2 saturated carbocycles. The van der Waals surface area contributed by atoms with Gasteiger partial charge in [0.05, 0.1) is 0 Å². The molecular weight excluding hydrogens is 156 g/mol. The highest BCUT2D eigenvalue weighted by molar-refractivity contribution is 5.07. The lowest BCUT2D eigenvalue weighted by atomic mass is 9.57. The highest BCUT2D eigenvalue weighted by Crippen LogP contribution is 2.66. The van der Waals surface area contributed by atoms with Crippen molar-refractivity contribution >= 4 is 0 Å². The van der Waals surface area contributed by atoms with Gasteiger partial charge in [0.2, 0.25) is 0 Å². The average Bonchev–Trinajstić information content (AvgIpc) is 2.91. The van der Waals surface area contributed by atoms with Gasteiger partial charge in [0.25, 0.3) is 0 Å². The highest BCUT2D eigenvalue weighted by atomic mass is 14.6. The molecular formula is C13H24. The van der Waals surface area contributed by atoms with E-state index in [1.807, 2.05) is 0 Å². The van der Waals surface area contributed by atoms with Crippen LogP contribution in [0.3, 0.4) is 0 Å². The number of hydrogen-bond donors (Lipinski definition) is 0. The zero-order chi connectivity index (χ0) is 9.80. The summed E-state index contributed by atoms with van der Waals surface area (Å²) in [5, 5.41) is 0. The van der Waals surface area contributed by atoms with Crippen LogP contribution in [0.15, 0.2) is 0 Å². The molecule has 0 aromatic heterocycles. The first-order valence-corrected chi connectivity index (χ1v) is 6.00. The van der Waals surface area contributed by atoms with Gasteiger partial charge in [-0.25, -0.2) is 0 Å². The van der Waals surface area contributed by atoms with Crippen molar-refractivity contribution in [3.63, 3.8) is 0 Å². The first-order valence-electron chi connectivity index (χ1n) is 6.00. The van der Waals surface area contributed by atoms with Crippen LogP contribution in [0.25, 0.3) is 0 Å². The molecule has 1 spiro atoms. The van der Waals surface area contributed by atoms with Crippen LogP contribution in [0.4, 0.5) is 0 Å². The largest absolute Gasteiger partial charge is 0.0620 e. The molecule has 0 aromatic carbocycles. The van der Waals surface area contributed by atoms with Crippen molar-refractivity contribution in [2.24, 2.45) is 35.0 Å². The fourth-order valence-corrected chi connectivity index (χ4v) is 3.91. The van der Waals surface area contributed by atoms with Gasteiger partial charge in [0, 0.05) is 0 Å². The van der Waals surface area contributed by atoms with E-state index in [4.69, 9.17) is 0 Å². The van der Waals surface area contributed by atoms with E-state index >= 15 is 0 Å². The molecule has 0 aromatic rings. The molecule has 0 bridgehead atoms. The Morgan fingerprint density at radius 3 is 1.38 bits per heavy atom. The maximum atomic E-state index is 2.50. The summed E-state index contributed by atoms with van der Waals surface area (Å²) >= 11 is 0. The van der Waals surface area contributed by atoms with Crippen molar-refractivity contribution < 1.29 is 0 Å². The summed E-state index contributed by atoms with van der Waals surface area (Å²) in [7, 11) is 0. The van der Waals surface area contributed by atoms with Crippen LogP contribution in [0.2, 0.25) is 0 Å². The van der Waals surface area contributed by atoms with Crippen LogP contribution < -0.4 is 0 Å². The molecule has 76 valence electrons. The maximum Gasteiger partial charge on any atom is -0.0240 e. The summed E-state index contributed by atoms with van der Waals surface area (Å²) in [6.45, 7) is 12.4. The molecule has 2 rings (SSSR count). The standard InChI is InChI=1S/C13H24/c1-8-9(2)11(4)13(6-7-13)12(5)10(8)3/h8-12H,6-7H2,1-5H3/t8?,9-,10+,11-,12+. The van der Waals surface area contributed by atoms with Gasteiger partial charge in [-0.2, -0.15) is 0 Å². The van der Waals surface area contributed by atoms with Crippen LogP contribution >= 0.6 is 0 Å². The summed E-state index contributed by atoms with van der Waals surface area (Å²) in [6, 6.07) is 0. The Labute approximate surface area is 83.1 Å². The van der Waals surface area contributed by atoms with E-state index in [1.54, 1.807) is 0 Å². The Bertz CT molecular complexity index is 184. The van der Waals surface area contributed by atoms with E-state index in [2.05, 4.69) is 34.6 Å². The quantitative estimate of drug-likeness (QED) is 0.529. The Kier molecular flexibility index (Phi) is 2.02. The van der Waals surface area contributed by atoms with Gasteiger partial charge in [-0.15, -0.1) is 0 Å². The lowest BCUT2D eigenvalue weighted by molar-refractivity contribution is 0.00349. The minimum atomic E-state index is 0.769. The normalized spacial score (nSPS) is 53.8. The molecule has 0 saturated heterocycles. The molecule has 2 aliphatic carbocycles. The summed E-state index contributed by atoms with van der Waals surface area (Å²) in [4.78, 5) is 0. The van der Waals surface area contributed by atoms with Crippen molar-refractivity contribution in [3.05, 3.63) is 0 Å². The van der Waals surface area contributed by atoms with Crippen LogP contribution in [0.1, 0.15) is 47.5 Å². The summed E-state index contributed by atoms with van der Waals surface area (Å²) < 4.78 is 0. The molecule has 1 unspecified atom stereocenters. The second-order valence-electron chi connectivity index (χ2n) is 5.89. The topological polar surface area (TPSA) is 0 Å². The Morgan fingerprint density at radius 1 is 0.692 bits per heavy atom. The zero-order valence-electron chi connectivity index (χ0n) is 9.80. The van der Waals surface area contributed by atoms with Gasteiger partial charge in [0.1, 0.15) is 0 Å². The summed E-state index contributed by atoms with van der Waals surface area (Å²) in [5.41, 5.74) is 0.769. The Balaban J connectivity index is 2.24. The van der Waals surface area contributed by atoms with Crippen LogP contribution in [0.5, 0.6) is 0 Å². The fraction of sp³-hybridized carbons (Fsp3) is 1.00. The molecule has 0 heteroatoms. The number of rotatable bonds is 0. The van der Waals surface area contributed by atoms with Gasteiger partial charge in [-0.05, 0) is 47.8 Å². The second kappa shape index (κ2) is 2.74. The third kappa shape index (κ3) is 1.10. The van der Waals surface area contributed by atoms with E-state index < -0.39 is 0 Å². The monoisotopic (exact) mass is 180 g/mol. The van der Waals surface area contributed by atoms with E-state index in [0.717, 1.165) is 35.0 Å². The first-order chi connectivity index (χ1) is 6.00. The molecule has 0 radical (unpaired) electrons. The van der Waals surface area contributed by atoms with Crippen molar-refractivity contribution in [1.82, 2.24) is 0 Å². The molecule has 0 amide bonds. The van der Waals surface area contributed by atoms with E-state index in [-0.39, 0.29) is 0 Å². The van der Waals surface area contributed by atoms with Crippen molar-refractivity contribution in [2.75, 3.05) is 0 Å². The minimum absolute atomic E-state index is 0.769. The highest BCUT2D eigenvalue weighted by Gasteiger charge is 2.58. The van der Waals surface area contributed by atoms with E-state index in [1.165, 1.54) is 12.8 Å². The zero-order valence-corrected chi connectivity index (χ0v) is 9.80.